The van der Waals surface area contributed by atoms with E-state index >= 15 is 0 Å². The van der Waals surface area contributed by atoms with Crippen molar-refractivity contribution in [1.29, 1.82) is 0 Å². The summed E-state index contributed by atoms with van der Waals surface area (Å²) >= 11 is 12.7. The molecule has 3 rings (SSSR count). The van der Waals surface area contributed by atoms with Gasteiger partial charge in [0, 0.05) is 27.2 Å². The Morgan fingerprint density at radius 3 is 2.59 bits per heavy atom. The standard InChI is InChI=1S/C22H21Cl2NO4/c1-4-28-20(26)12-19-22(27)25(13(2)3)18-10-9-14(23)11-16(18)21(29-19)15-7-5-6-8-17(15)24/h5-13,21H,4H2,1-3H3/b19-12+. The van der Waals surface area contributed by atoms with Gasteiger partial charge in [-0.3, -0.25) is 4.79 Å². The number of carbonyl (C=O) groups is 2. The third-order valence-corrected chi connectivity index (χ3v) is 5.02. The van der Waals surface area contributed by atoms with Crippen LogP contribution in [0.3, 0.4) is 0 Å². The number of amides is 1. The highest BCUT2D eigenvalue weighted by atomic mass is 35.5. The Morgan fingerprint density at radius 1 is 1.21 bits per heavy atom. The van der Waals surface area contributed by atoms with Gasteiger partial charge in [-0.15, -0.1) is 0 Å². The van der Waals surface area contributed by atoms with Crippen LogP contribution < -0.4 is 4.90 Å². The third-order valence-electron chi connectivity index (χ3n) is 4.45. The van der Waals surface area contributed by atoms with E-state index in [1.807, 2.05) is 32.0 Å². The highest BCUT2D eigenvalue weighted by molar-refractivity contribution is 6.31. The number of esters is 1. The first-order chi connectivity index (χ1) is 13.8. The summed E-state index contributed by atoms with van der Waals surface area (Å²) in [6, 6.07) is 12.2. The quantitative estimate of drug-likeness (QED) is 0.484. The second-order valence-electron chi connectivity index (χ2n) is 6.75. The van der Waals surface area contributed by atoms with Crippen molar-refractivity contribution in [3.8, 4) is 0 Å². The topological polar surface area (TPSA) is 55.8 Å². The Labute approximate surface area is 179 Å². The summed E-state index contributed by atoms with van der Waals surface area (Å²) in [5.41, 5.74) is 1.98. The Morgan fingerprint density at radius 2 is 1.93 bits per heavy atom. The SMILES string of the molecule is CCOC(=O)/C=C1/OC(c2ccccc2Cl)c2cc(Cl)ccc2N(C(C)C)C1=O. The molecule has 0 saturated carbocycles. The van der Waals surface area contributed by atoms with E-state index < -0.39 is 18.0 Å². The maximum Gasteiger partial charge on any atom is 0.334 e. The first-order valence-corrected chi connectivity index (χ1v) is 10.0. The molecule has 29 heavy (non-hydrogen) atoms. The van der Waals surface area contributed by atoms with Crippen LogP contribution in [-0.2, 0) is 19.1 Å². The third kappa shape index (κ3) is 4.41. The van der Waals surface area contributed by atoms with Gasteiger partial charge in [-0.2, -0.15) is 0 Å². The Balaban J connectivity index is 2.25. The summed E-state index contributed by atoms with van der Waals surface area (Å²) in [6.45, 7) is 5.65. The van der Waals surface area contributed by atoms with Crippen LogP contribution in [0.2, 0.25) is 10.0 Å². The van der Waals surface area contributed by atoms with Gasteiger partial charge in [0.1, 0.15) is 0 Å². The predicted molar refractivity (Wildman–Crippen MR) is 113 cm³/mol. The van der Waals surface area contributed by atoms with Crippen molar-refractivity contribution in [2.24, 2.45) is 0 Å². The maximum atomic E-state index is 13.3. The van der Waals surface area contributed by atoms with Crippen LogP contribution in [0.25, 0.3) is 0 Å². The van der Waals surface area contributed by atoms with Gasteiger partial charge in [0.05, 0.1) is 18.4 Å². The number of ether oxygens (including phenoxy) is 2. The van der Waals surface area contributed by atoms with Gasteiger partial charge in [-0.1, -0.05) is 41.4 Å². The highest BCUT2D eigenvalue weighted by Crippen LogP contribution is 2.42. The van der Waals surface area contributed by atoms with Crippen molar-refractivity contribution in [2.45, 2.75) is 32.9 Å². The fourth-order valence-corrected chi connectivity index (χ4v) is 3.66. The Bertz CT molecular complexity index is 971. The van der Waals surface area contributed by atoms with Crippen LogP contribution >= 0.6 is 23.2 Å². The average molecular weight is 434 g/mol. The molecular formula is C22H21Cl2NO4. The van der Waals surface area contributed by atoms with E-state index in [1.54, 1.807) is 36.1 Å². The lowest BCUT2D eigenvalue weighted by Crippen LogP contribution is -2.38. The molecule has 0 radical (unpaired) electrons. The Kier molecular flexibility index (Phi) is 6.50. The molecule has 0 bridgehead atoms. The molecule has 152 valence electrons. The van der Waals surface area contributed by atoms with E-state index in [1.165, 1.54) is 0 Å². The first kappa shape index (κ1) is 21.2. The van der Waals surface area contributed by atoms with E-state index in [0.29, 0.717) is 26.9 Å². The molecular weight excluding hydrogens is 413 g/mol. The molecule has 1 heterocycles. The molecule has 7 heteroatoms. The van der Waals surface area contributed by atoms with Crippen molar-refractivity contribution < 1.29 is 19.1 Å². The number of benzene rings is 2. The maximum absolute atomic E-state index is 13.3. The van der Waals surface area contributed by atoms with Crippen LogP contribution in [0.15, 0.2) is 54.3 Å². The summed E-state index contributed by atoms with van der Waals surface area (Å²) in [5.74, 6) is -1.21. The van der Waals surface area contributed by atoms with Gasteiger partial charge in [0.25, 0.3) is 5.91 Å². The van der Waals surface area contributed by atoms with E-state index in [0.717, 1.165) is 6.08 Å². The van der Waals surface area contributed by atoms with Crippen LogP contribution in [0.5, 0.6) is 0 Å². The fraction of sp³-hybridized carbons (Fsp3) is 0.273. The van der Waals surface area contributed by atoms with Crippen LogP contribution in [-0.4, -0.2) is 24.5 Å². The number of fused-ring (bicyclic) bond motifs is 1. The van der Waals surface area contributed by atoms with E-state index in [-0.39, 0.29) is 18.4 Å². The van der Waals surface area contributed by atoms with E-state index in [4.69, 9.17) is 32.7 Å². The normalized spacial score (nSPS) is 17.7. The van der Waals surface area contributed by atoms with Crippen molar-refractivity contribution >= 4 is 40.8 Å². The van der Waals surface area contributed by atoms with Gasteiger partial charge in [0.15, 0.2) is 11.9 Å². The van der Waals surface area contributed by atoms with Crippen LogP contribution in [0.4, 0.5) is 5.69 Å². The summed E-state index contributed by atoms with van der Waals surface area (Å²) in [5, 5.41) is 0.975. The second kappa shape index (κ2) is 8.89. The van der Waals surface area contributed by atoms with Gasteiger partial charge >= 0.3 is 5.97 Å². The lowest BCUT2D eigenvalue weighted by atomic mass is 9.99. The summed E-state index contributed by atoms with van der Waals surface area (Å²) < 4.78 is 11.1. The minimum Gasteiger partial charge on any atom is -0.475 e. The Hall–Kier alpha value is -2.50. The molecule has 1 atom stereocenters. The zero-order valence-corrected chi connectivity index (χ0v) is 17.8. The highest BCUT2D eigenvalue weighted by Gasteiger charge is 2.36. The van der Waals surface area contributed by atoms with Gasteiger partial charge < -0.3 is 14.4 Å². The number of hydrogen-bond acceptors (Lipinski definition) is 4. The second-order valence-corrected chi connectivity index (χ2v) is 7.60. The molecule has 1 amide bonds. The summed E-state index contributed by atoms with van der Waals surface area (Å²) in [7, 11) is 0. The molecule has 0 N–H and O–H groups in total. The van der Waals surface area contributed by atoms with Crippen LogP contribution in [0, 0.1) is 0 Å². The van der Waals surface area contributed by atoms with Crippen molar-refractivity contribution in [3.63, 3.8) is 0 Å². The minimum absolute atomic E-state index is 0.116. The van der Waals surface area contributed by atoms with Gasteiger partial charge in [0.2, 0.25) is 0 Å². The lowest BCUT2D eigenvalue weighted by molar-refractivity contribution is -0.138. The van der Waals surface area contributed by atoms with Crippen molar-refractivity contribution in [2.75, 3.05) is 11.5 Å². The molecule has 0 saturated heterocycles. The first-order valence-electron chi connectivity index (χ1n) is 9.26. The average Bonchev–Trinajstić information content (AvgIpc) is 2.77. The summed E-state index contributed by atoms with van der Waals surface area (Å²) in [4.78, 5) is 27.0. The van der Waals surface area contributed by atoms with Crippen LogP contribution in [0.1, 0.15) is 38.0 Å². The molecule has 0 aromatic heterocycles. The molecule has 1 aliphatic heterocycles. The molecule has 1 unspecified atom stereocenters. The molecule has 5 nitrogen and oxygen atoms in total. The molecule has 1 aliphatic rings. The molecule has 2 aromatic rings. The van der Waals surface area contributed by atoms with Gasteiger partial charge in [-0.05, 0) is 45.0 Å². The van der Waals surface area contributed by atoms with Crippen molar-refractivity contribution in [1.82, 2.24) is 0 Å². The predicted octanol–water partition coefficient (Wildman–Crippen LogP) is 5.30. The largest absolute Gasteiger partial charge is 0.475 e. The minimum atomic E-state index is -0.731. The van der Waals surface area contributed by atoms with E-state index in [9.17, 15) is 9.59 Å². The molecule has 0 spiro atoms. The molecule has 0 aliphatic carbocycles. The zero-order valence-electron chi connectivity index (χ0n) is 16.3. The number of halogens is 2. The smallest absolute Gasteiger partial charge is 0.334 e. The number of rotatable bonds is 4. The molecule has 2 aromatic carbocycles. The zero-order chi connectivity index (χ0) is 21.1. The number of nitrogens with zero attached hydrogens (tertiary/aromatic N) is 1. The fourth-order valence-electron chi connectivity index (χ4n) is 3.24. The number of carbonyl (C=O) groups excluding carboxylic acids is 2. The van der Waals surface area contributed by atoms with E-state index in [2.05, 4.69) is 0 Å². The number of hydrogen-bond donors (Lipinski definition) is 0. The van der Waals surface area contributed by atoms with Gasteiger partial charge in [-0.25, -0.2) is 4.79 Å². The lowest BCUT2D eigenvalue weighted by Gasteiger charge is -2.26. The molecule has 0 fully saturated rings. The monoisotopic (exact) mass is 433 g/mol. The van der Waals surface area contributed by atoms with Crippen molar-refractivity contribution in [3.05, 3.63) is 75.5 Å². The summed E-state index contributed by atoms with van der Waals surface area (Å²) in [6.07, 6.45) is 0.351. The number of anilines is 1.